The lowest BCUT2D eigenvalue weighted by Crippen LogP contribution is -2.37. The third-order valence-electron chi connectivity index (χ3n) is 3.50. The van der Waals surface area contributed by atoms with E-state index in [1.54, 1.807) is 16.9 Å². The van der Waals surface area contributed by atoms with Crippen LogP contribution in [0.4, 0.5) is 0 Å². The maximum atomic E-state index is 11.2. The molecule has 0 fully saturated rings. The Bertz CT molecular complexity index is 601. The number of rotatable bonds is 8. The van der Waals surface area contributed by atoms with Crippen LogP contribution in [0.15, 0.2) is 18.2 Å². The van der Waals surface area contributed by atoms with Crippen LogP contribution < -0.4 is 5.01 Å². The van der Waals surface area contributed by atoms with Crippen molar-refractivity contribution in [3.8, 4) is 0 Å². The molecule has 0 saturated carbocycles. The van der Waals surface area contributed by atoms with Crippen molar-refractivity contribution >= 4 is 17.0 Å². The van der Waals surface area contributed by atoms with Crippen LogP contribution in [0.2, 0.25) is 0 Å². The predicted molar refractivity (Wildman–Crippen MR) is 82.3 cm³/mol. The lowest BCUT2D eigenvalue weighted by atomic mass is 10.2. The zero-order valence-electron chi connectivity index (χ0n) is 12.6. The number of unbranched alkanes of at least 4 members (excludes halogenated alkanes) is 2. The molecule has 0 bridgehead atoms. The van der Waals surface area contributed by atoms with Gasteiger partial charge in [0.25, 0.3) is 0 Å². The molecule has 0 aliphatic rings. The van der Waals surface area contributed by atoms with E-state index in [9.17, 15) is 9.90 Å². The standard InChI is InChI=1S/C15H22N4O2/c1-3-5-10-18(11-6-4-2)19-13-9-7-8-12(15(20)21)14(13)16-17-19/h7-9H,3-6,10-11H2,1-2H3,(H,20,21). The lowest BCUT2D eigenvalue weighted by Gasteiger charge is -2.24. The third kappa shape index (κ3) is 3.32. The van der Waals surface area contributed by atoms with Crippen molar-refractivity contribution in [3.05, 3.63) is 23.8 Å². The molecule has 0 saturated heterocycles. The minimum absolute atomic E-state index is 0.199. The first-order valence-corrected chi connectivity index (χ1v) is 7.52. The summed E-state index contributed by atoms with van der Waals surface area (Å²) in [6.07, 6.45) is 4.36. The van der Waals surface area contributed by atoms with E-state index < -0.39 is 5.97 Å². The Morgan fingerprint density at radius 1 is 1.24 bits per heavy atom. The quantitative estimate of drug-likeness (QED) is 0.809. The minimum Gasteiger partial charge on any atom is -0.478 e. The van der Waals surface area contributed by atoms with E-state index in [0.717, 1.165) is 44.3 Å². The highest BCUT2D eigenvalue weighted by molar-refractivity contribution is 6.00. The summed E-state index contributed by atoms with van der Waals surface area (Å²) in [5.74, 6) is -0.971. The van der Waals surface area contributed by atoms with Crippen LogP contribution in [0.1, 0.15) is 49.9 Å². The largest absolute Gasteiger partial charge is 0.478 e. The molecule has 0 amide bonds. The highest BCUT2D eigenvalue weighted by Gasteiger charge is 2.16. The Hall–Kier alpha value is -2.11. The van der Waals surface area contributed by atoms with Crippen molar-refractivity contribution in [1.29, 1.82) is 0 Å². The second-order valence-electron chi connectivity index (χ2n) is 5.12. The topological polar surface area (TPSA) is 71.2 Å². The number of hydrogen-bond donors (Lipinski definition) is 1. The molecule has 21 heavy (non-hydrogen) atoms. The Balaban J connectivity index is 2.38. The molecule has 114 valence electrons. The maximum absolute atomic E-state index is 11.2. The summed E-state index contributed by atoms with van der Waals surface area (Å²) in [6, 6.07) is 5.17. The number of carbonyl (C=O) groups is 1. The first kappa shape index (κ1) is 15.3. The number of fused-ring (bicyclic) bond motifs is 1. The second kappa shape index (κ2) is 7.06. The molecule has 1 N–H and O–H groups in total. The fraction of sp³-hybridized carbons (Fsp3) is 0.533. The van der Waals surface area contributed by atoms with Crippen molar-refractivity contribution in [3.63, 3.8) is 0 Å². The molecule has 1 heterocycles. The van der Waals surface area contributed by atoms with Crippen LogP contribution in [-0.4, -0.2) is 39.3 Å². The highest BCUT2D eigenvalue weighted by Crippen LogP contribution is 2.17. The minimum atomic E-state index is -0.971. The zero-order valence-corrected chi connectivity index (χ0v) is 12.6. The summed E-state index contributed by atoms with van der Waals surface area (Å²) in [5, 5.41) is 19.6. The Morgan fingerprint density at radius 2 is 1.90 bits per heavy atom. The number of benzene rings is 1. The summed E-state index contributed by atoms with van der Waals surface area (Å²) >= 11 is 0. The average Bonchev–Trinajstić information content (AvgIpc) is 2.91. The number of hydrogen-bond acceptors (Lipinski definition) is 4. The van der Waals surface area contributed by atoms with E-state index in [4.69, 9.17) is 0 Å². The van der Waals surface area contributed by atoms with Gasteiger partial charge < -0.3 is 5.11 Å². The van der Waals surface area contributed by atoms with E-state index >= 15 is 0 Å². The molecule has 0 radical (unpaired) electrons. The Kier molecular flexibility index (Phi) is 5.14. The summed E-state index contributed by atoms with van der Waals surface area (Å²) in [7, 11) is 0. The molecule has 6 nitrogen and oxygen atoms in total. The summed E-state index contributed by atoms with van der Waals surface area (Å²) in [4.78, 5) is 13.0. The van der Waals surface area contributed by atoms with Crippen LogP contribution in [0, 0.1) is 0 Å². The Labute approximate surface area is 124 Å². The van der Waals surface area contributed by atoms with Crippen molar-refractivity contribution in [2.75, 3.05) is 18.1 Å². The zero-order chi connectivity index (χ0) is 15.2. The highest BCUT2D eigenvalue weighted by atomic mass is 16.4. The lowest BCUT2D eigenvalue weighted by molar-refractivity contribution is 0.0699. The monoisotopic (exact) mass is 290 g/mol. The van der Waals surface area contributed by atoms with Gasteiger partial charge in [0, 0.05) is 13.1 Å². The molecule has 0 aliphatic heterocycles. The van der Waals surface area contributed by atoms with Gasteiger partial charge in [-0.2, -0.15) is 4.79 Å². The van der Waals surface area contributed by atoms with Crippen molar-refractivity contribution in [2.45, 2.75) is 39.5 Å². The van der Waals surface area contributed by atoms with Gasteiger partial charge in [-0.25, -0.2) is 4.79 Å². The van der Waals surface area contributed by atoms with Gasteiger partial charge in [-0.3, -0.25) is 5.01 Å². The van der Waals surface area contributed by atoms with Gasteiger partial charge in [0.05, 0.1) is 5.56 Å². The van der Waals surface area contributed by atoms with Crippen molar-refractivity contribution < 1.29 is 9.90 Å². The molecular weight excluding hydrogens is 268 g/mol. The van der Waals surface area contributed by atoms with E-state index in [0.29, 0.717) is 5.52 Å². The predicted octanol–water partition coefficient (Wildman–Crippen LogP) is 2.67. The molecule has 1 aromatic carbocycles. The smallest absolute Gasteiger partial charge is 0.338 e. The van der Waals surface area contributed by atoms with E-state index in [1.807, 2.05) is 6.07 Å². The van der Waals surface area contributed by atoms with Gasteiger partial charge in [0.2, 0.25) is 0 Å². The number of carboxylic acids is 1. The van der Waals surface area contributed by atoms with Crippen LogP contribution in [-0.2, 0) is 0 Å². The first-order valence-electron chi connectivity index (χ1n) is 7.52. The van der Waals surface area contributed by atoms with Gasteiger partial charge in [-0.1, -0.05) is 32.8 Å². The van der Waals surface area contributed by atoms with Crippen LogP contribution in [0.25, 0.3) is 11.0 Å². The van der Waals surface area contributed by atoms with Gasteiger partial charge in [-0.05, 0) is 30.2 Å². The molecule has 6 heteroatoms. The van der Waals surface area contributed by atoms with E-state index in [1.165, 1.54) is 0 Å². The van der Waals surface area contributed by atoms with Crippen LogP contribution in [0.5, 0.6) is 0 Å². The number of nitrogens with zero attached hydrogens (tertiary/aromatic N) is 4. The fourth-order valence-electron chi connectivity index (χ4n) is 2.30. The number of carboxylic acid groups (broad SMARTS) is 1. The average molecular weight is 290 g/mol. The summed E-state index contributed by atoms with van der Waals surface area (Å²) < 4.78 is 0. The third-order valence-corrected chi connectivity index (χ3v) is 3.50. The molecule has 0 unspecified atom stereocenters. The van der Waals surface area contributed by atoms with Gasteiger partial charge >= 0.3 is 5.97 Å². The molecule has 0 atom stereocenters. The molecular formula is C15H22N4O2. The molecule has 2 aromatic rings. The normalized spacial score (nSPS) is 11.0. The second-order valence-corrected chi connectivity index (χ2v) is 5.12. The fourth-order valence-corrected chi connectivity index (χ4v) is 2.30. The molecule has 0 aliphatic carbocycles. The number of aromatic nitrogens is 3. The van der Waals surface area contributed by atoms with Gasteiger partial charge in [-0.15, -0.1) is 5.10 Å². The van der Waals surface area contributed by atoms with E-state index in [2.05, 4.69) is 29.2 Å². The van der Waals surface area contributed by atoms with Gasteiger partial charge in [0.1, 0.15) is 11.0 Å². The molecule has 2 rings (SSSR count). The van der Waals surface area contributed by atoms with Crippen molar-refractivity contribution in [1.82, 2.24) is 15.1 Å². The van der Waals surface area contributed by atoms with Crippen molar-refractivity contribution in [2.24, 2.45) is 0 Å². The Morgan fingerprint density at radius 3 is 2.48 bits per heavy atom. The van der Waals surface area contributed by atoms with Gasteiger partial charge in [0.15, 0.2) is 0 Å². The molecule has 0 spiro atoms. The number of aromatic carboxylic acids is 1. The first-order chi connectivity index (χ1) is 10.2. The summed E-state index contributed by atoms with van der Waals surface area (Å²) in [5.41, 5.74) is 1.40. The van der Waals surface area contributed by atoms with Crippen LogP contribution >= 0.6 is 0 Å². The van der Waals surface area contributed by atoms with Crippen LogP contribution in [0.3, 0.4) is 0 Å². The molecule has 1 aromatic heterocycles. The maximum Gasteiger partial charge on any atom is 0.338 e. The summed E-state index contributed by atoms with van der Waals surface area (Å²) in [6.45, 7) is 6.10. The van der Waals surface area contributed by atoms with E-state index in [-0.39, 0.29) is 5.56 Å². The SMILES string of the molecule is CCCCN(CCCC)n1nnc2c(C(=O)O)cccc21.